The maximum Gasteiger partial charge on any atom is 0.405 e. The van der Waals surface area contributed by atoms with Gasteiger partial charge in [-0.05, 0) is 26.3 Å². The first kappa shape index (κ1) is 21.1. The van der Waals surface area contributed by atoms with Gasteiger partial charge in [0.15, 0.2) is 0 Å². The zero-order valence-corrected chi connectivity index (χ0v) is 15.4. The van der Waals surface area contributed by atoms with Crippen molar-refractivity contribution in [3.8, 4) is 0 Å². The van der Waals surface area contributed by atoms with Crippen molar-refractivity contribution in [2.45, 2.75) is 38.4 Å². The van der Waals surface area contributed by atoms with E-state index in [-0.39, 0.29) is 13.0 Å². The Morgan fingerprint density at radius 2 is 2.00 bits per heavy atom. The zero-order chi connectivity index (χ0) is 20.0. The standard InChI is InChI=1S/C15H20F3N5O3S/c1-9-7-27-13(20-9)5-11(24)21-22-12(25)6-23-4-2-3-10(23)14(26)19-8-15(16,17)18/h7,10H,2-6,8H2,1H3,(H,19,26)(H,21,24)(H,22,25). The molecule has 3 amide bonds. The Balaban J connectivity index is 1.75. The monoisotopic (exact) mass is 407 g/mol. The van der Waals surface area contributed by atoms with Gasteiger partial charge in [-0.15, -0.1) is 11.3 Å². The molecule has 1 atom stereocenters. The van der Waals surface area contributed by atoms with E-state index >= 15 is 0 Å². The van der Waals surface area contributed by atoms with Gasteiger partial charge < -0.3 is 5.32 Å². The molecule has 0 bridgehead atoms. The molecule has 1 aromatic rings. The zero-order valence-electron chi connectivity index (χ0n) is 14.6. The van der Waals surface area contributed by atoms with Crippen molar-refractivity contribution in [3.05, 3.63) is 16.1 Å². The number of hydrogen-bond donors (Lipinski definition) is 3. The van der Waals surface area contributed by atoms with Crippen LogP contribution in [0.15, 0.2) is 5.38 Å². The van der Waals surface area contributed by atoms with Crippen molar-refractivity contribution in [1.82, 2.24) is 26.1 Å². The first-order chi connectivity index (χ1) is 12.6. The van der Waals surface area contributed by atoms with Gasteiger partial charge in [0.05, 0.1) is 19.0 Å². The third kappa shape index (κ3) is 7.13. The van der Waals surface area contributed by atoms with Gasteiger partial charge in [0.25, 0.3) is 5.91 Å². The number of carbonyl (C=O) groups excluding carboxylic acids is 3. The fourth-order valence-electron chi connectivity index (χ4n) is 2.65. The number of thiazole rings is 1. The number of aromatic nitrogens is 1. The van der Waals surface area contributed by atoms with E-state index in [0.29, 0.717) is 24.4 Å². The number of nitrogens with one attached hydrogen (secondary N) is 3. The summed E-state index contributed by atoms with van der Waals surface area (Å²) < 4.78 is 36.6. The minimum absolute atomic E-state index is 0.0188. The van der Waals surface area contributed by atoms with E-state index in [9.17, 15) is 27.6 Å². The summed E-state index contributed by atoms with van der Waals surface area (Å²) in [6.07, 6.45) is -3.51. The molecule has 0 saturated carbocycles. The number of carbonyl (C=O) groups is 3. The first-order valence-corrected chi connectivity index (χ1v) is 9.09. The number of alkyl halides is 3. The summed E-state index contributed by atoms with van der Waals surface area (Å²) in [5.41, 5.74) is 5.29. The maximum absolute atomic E-state index is 12.2. The van der Waals surface area contributed by atoms with Gasteiger partial charge in [-0.3, -0.25) is 30.1 Å². The average Bonchev–Trinajstić information content (AvgIpc) is 3.19. The summed E-state index contributed by atoms with van der Waals surface area (Å²) in [6, 6.07) is -0.799. The molecule has 1 saturated heterocycles. The van der Waals surface area contributed by atoms with Crippen molar-refractivity contribution in [3.63, 3.8) is 0 Å². The number of rotatable bonds is 6. The summed E-state index contributed by atoms with van der Waals surface area (Å²) >= 11 is 1.33. The number of hydrogen-bond acceptors (Lipinski definition) is 6. The molecule has 1 aliphatic heterocycles. The third-order valence-electron chi connectivity index (χ3n) is 3.80. The predicted octanol–water partition coefficient (Wildman–Crippen LogP) is 0.284. The number of nitrogens with zero attached hydrogens (tertiary/aromatic N) is 2. The molecule has 0 spiro atoms. The average molecular weight is 407 g/mol. The second-order valence-electron chi connectivity index (χ2n) is 6.12. The van der Waals surface area contributed by atoms with Crippen LogP contribution in [0.5, 0.6) is 0 Å². The van der Waals surface area contributed by atoms with Gasteiger partial charge in [-0.25, -0.2) is 4.98 Å². The fourth-order valence-corrected chi connectivity index (χ4v) is 3.42. The number of aryl methyl sites for hydroxylation is 1. The molecule has 2 heterocycles. The van der Waals surface area contributed by atoms with Crippen molar-refractivity contribution >= 4 is 29.1 Å². The number of halogens is 3. The SMILES string of the molecule is Cc1csc(CC(=O)NNC(=O)CN2CCCC2C(=O)NCC(F)(F)F)n1. The highest BCUT2D eigenvalue weighted by molar-refractivity contribution is 7.09. The summed E-state index contributed by atoms with van der Waals surface area (Å²) in [5.74, 6) is -1.77. The van der Waals surface area contributed by atoms with E-state index in [4.69, 9.17) is 0 Å². The van der Waals surface area contributed by atoms with Gasteiger partial charge in [-0.1, -0.05) is 0 Å². The quantitative estimate of drug-likeness (QED) is 0.588. The minimum atomic E-state index is -4.49. The number of likely N-dealkylation sites (tertiary alicyclic amines) is 1. The molecule has 1 aliphatic rings. The van der Waals surface area contributed by atoms with Gasteiger partial charge in [0, 0.05) is 11.1 Å². The van der Waals surface area contributed by atoms with Gasteiger partial charge in [0.2, 0.25) is 11.8 Å². The summed E-state index contributed by atoms with van der Waals surface area (Å²) in [5, 5.41) is 4.25. The normalized spacial score (nSPS) is 17.6. The lowest BCUT2D eigenvalue weighted by Gasteiger charge is -2.23. The van der Waals surface area contributed by atoms with Crippen molar-refractivity contribution in [2.24, 2.45) is 0 Å². The van der Waals surface area contributed by atoms with E-state index < -0.39 is 36.5 Å². The number of hydrazine groups is 1. The molecule has 12 heteroatoms. The molecule has 27 heavy (non-hydrogen) atoms. The van der Waals surface area contributed by atoms with E-state index in [1.807, 2.05) is 5.32 Å². The Morgan fingerprint density at radius 3 is 2.63 bits per heavy atom. The minimum Gasteiger partial charge on any atom is -0.346 e. The number of amides is 3. The predicted molar refractivity (Wildman–Crippen MR) is 90.5 cm³/mol. The molecule has 1 fully saturated rings. The highest BCUT2D eigenvalue weighted by Gasteiger charge is 2.34. The topological polar surface area (TPSA) is 103 Å². The lowest BCUT2D eigenvalue weighted by Crippen LogP contribution is -2.51. The molecule has 0 radical (unpaired) electrons. The molecule has 150 valence electrons. The fraction of sp³-hybridized carbons (Fsp3) is 0.600. The van der Waals surface area contributed by atoms with Crippen molar-refractivity contribution < 1.29 is 27.6 Å². The molecule has 1 unspecified atom stereocenters. The van der Waals surface area contributed by atoms with E-state index in [0.717, 1.165) is 5.69 Å². The van der Waals surface area contributed by atoms with Crippen LogP contribution in [-0.2, 0) is 20.8 Å². The molecule has 8 nitrogen and oxygen atoms in total. The van der Waals surface area contributed by atoms with Crippen LogP contribution in [0, 0.1) is 6.92 Å². The maximum atomic E-state index is 12.2. The van der Waals surface area contributed by atoms with Crippen LogP contribution in [0.1, 0.15) is 23.5 Å². The van der Waals surface area contributed by atoms with Crippen LogP contribution in [0.2, 0.25) is 0 Å². The van der Waals surface area contributed by atoms with Crippen molar-refractivity contribution in [2.75, 3.05) is 19.6 Å². The molecule has 2 rings (SSSR count). The van der Waals surface area contributed by atoms with Crippen LogP contribution in [0.4, 0.5) is 13.2 Å². The molecule has 0 aromatic carbocycles. The lowest BCUT2D eigenvalue weighted by molar-refractivity contribution is -0.141. The van der Waals surface area contributed by atoms with Crippen LogP contribution in [-0.4, -0.2) is 59.5 Å². The smallest absolute Gasteiger partial charge is 0.346 e. The largest absolute Gasteiger partial charge is 0.405 e. The Kier molecular flexibility index (Phi) is 7.13. The highest BCUT2D eigenvalue weighted by atomic mass is 32.1. The van der Waals surface area contributed by atoms with Crippen LogP contribution >= 0.6 is 11.3 Å². The molecule has 3 N–H and O–H groups in total. The second kappa shape index (κ2) is 9.13. The Bertz CT molecular complexity index is 694. The summed E-state index contributed by atoms with van der Waals surface area (Å²) in [7, 11) is 0. The molecule has 0 aliphatic carbocycles. The van der Waals surface area contributed by atoms with Gasteiger partial charge >= 0.3 is 6.18 Å². The van der Waals surface area contributed by atoms with E-state index in [2.05, 4.69) is 15.8 Å². The van der Waals surface area contributed by atoms with Crippen LogP contribution in [0.3, 0.4) is 0 Å². The second-order valence-corrected chi connectivity index (χ2v) is 7.06. The Morgan fingerprint density at radius 1 is 1.30 bits per heavy atom. The van der Waals surface area contributed by atoms with E-state index in [1.165, 1.54) is 16.2 Å². The third-order valence-corrected chi connectivity index (χ3v) is 4.76. The molecule has 1 aromatic heterocycles. The summed E-state index contributed by atoms with van der Waals surface area (Å²) in [6.45, 7) is 0.594. The van der Waals surface area contributed by atoms with Gasteiger partial charge in [-0.2, -0.15) is 13.2 Å². The van der Waals surface area contributed by atoms with Gasteiger partial charge in [0.1, 0.15) is 11.6 Å². The van der Waals surface area contributed by atoms with Crippen LogP contribution in [0.25, 0.3) is 0 Å². The molecular weight excluding hydrogens is 387 g/mol. The summed E-state index contributed by atoms with van der Waals surface area (Å²) in [4.78, 5) is 41.2. The van der Waals surface area contributed by atoms with E-state index in [1.54, 1.807) is 12.3 Å². The van der Waals surface area contributed by atoms with Crippen molar-refractivity contribution in [1.29, 1.82) is 0 Å². The molecular formula is C15H20F3N5O3S. The highest BCUT2D eigenvalue weighted by Crippen LogP contribution is 2.18. The Hall–Kier alpha value is -2.21. The van der Waals surface area contributed by atoms with Crippen LogP contribution < -0.4 is 16.2 Å². The Labute approximate surface area is 157 Å². The first-order valence-electron chi connectivity index (χ1n) is 8.21. The lowest BCUT2D eigenvalue weighted by atomic mass is 10.2.